The Morgan fingerprint density at radius 2 is 1.71 bits per heavy atom. The maximum atomic E-state index is 8.97. The lowest BCUT2D eigenvalue weighted by Crippen LogP contribution is -1.86. The second-order valence-corrected chi connectivity index (χ2v) is 5.07. The van der Waals surface area contributed by atoms with Gasteiger partial charge >= 0.3 is 0 Å². The minimum absolute atomic E-state index is 0.114. The van der Waals surface area contributed by atoms with Crippen molar-refractivity contribution in [3.8, 4) is 0 Å². The second kappa shape index (κ2) is 5.89. The number of aryl methyl sites for hydroxylation is 1. The van der Waals surface area contributed by atoms with Gasteiger partial charge in [0.1, 0.15) is 0 Å². The van der Waals surface area contributed by atoms with Crippen LogP contribution in [0, 0.1) is 6.92 Å². The molecule has 0 bridgehead atoms. The van der Waals surface area contributed by atoms with E-state index in [0.717, 1.165) is 11.3 Å². The lowest BCUT2D eigenvalue weighted by Gasteiger charge is -2.05. The van der Waals surface area contributed by atoms with Gasteiger partial charge in [-0.1, -0.05) is 36.4 Å². The monoisotopic (exact) mass is 244 g/mol. The van der Waals surface area contributed by atoms with Gasteiger partial charge in [-0.15, -0.1) is 11.8 Å². The van der Waals surface area contributed by atoms with Gasteiger partial charge in [-0.2, -0.15) is 0 Å². The molecule has 0 spiro atoms. The Hall–Kier alpha value is -1.25. The van der Waals surface area contributed by atoms with E-state index in [1.807, 2.05) is 23.9 Å². The molecule has 0 unspecified atom stereocenters. The third kappa shape index (κ3) is 3.35. The van der Waals surface area contributed by atoms with E-state index in [0.29, 0.717) is 0 Å². The van der Waals surface area contributed by atoms with Crippen LogP contribution >= 0.6 is 11.8 Å². The molecule has 0 saturated heterocycles. The number of thioether (sulfide) groups is 1. The van der Waals surface area contributed by atoms with Gasteiger partial charge in [0.2, 0.25) is 0 Å². The number of benzene rings is 2. The Morgan fingerprint density at radius 3 is 2.35 bits per heavy atom. The minimum Gasteiger partial charge on any atom is -0.392 e. The highest BCUT2D eigenvalue weighted by Gasteiger charge is 1.99. The molecule has 0 amide bonds. The van der Waals surface area contributed by atoms with Gasteiger partial charge < -0.3 is 5.11 Å². The summed E-state index contributed by atoms with van der Waals surface area (Å²) in [6.07, 6.45) is 0. The molecule has 0 saturated carbocycles. The number of aliphatic hydroxyl groups excluding tert-OH is 1. The first kappa shape index (κ1) is 12.2. The van der Waals surface area contributed by atoms with E-state index in [1.165, 1.54) is 16.0 Å². The average Bonchev–Trinajstić information content (AvgIpc) is 2.38. The van der Waals surface area contributed by atoms with E-state index in [-0.39, 0.29) is 6.61 Å². The zero-order chi connectivity index (χ0) is 12.1. The standard InChI is InChI=1S/C15H16OS/c1-12-4-2-3-5-14(12)11-17-15-8-6-13(10-16)7-9-15/h2-9,16H,10-11H2,1H3. The highest BCUT2D eigenvalue weighted by atomic mass is 32.2. The number of aliphatic hydroxyl groups is 1. The zero-order valence-corrected chi connectivity index (χ0v) is 10.7. The van der Waals surface area contributed by atoms with E-state index in [1.54, 1.807) is 0 Å². The van der Waals surface area contributed by atoms with E-state index < -0.39 is 0 Å². The Balaban J connectivity index is 2.00. The fraction of sp³-hybridized carbons (Fsp3) is 0.200. The Kier molecular flexibility index (Phi) is 4.24. The number of hydrogen-bond acceptors (Lipinski definition) is 2. The van der Waals surface area contributed by atoms with Crippen molar-refractivity contribution in [3.05, 3.63) is 65.2 Å². The van der Waals surface area contributed by atoms with Gasteiger partial charge in [0, 0.05) is 10.6 Å². The van der Waals surface area contributed by atoms with E-state index in [9.17, 15) is 0 Å². The Bertz CT molecular complexity index is 477. The SMILES string of the molecule is Cc1ccccc1CSc1ccc(CO)cc1. The highest BCUT2D eigenvalue weighted by Crippen LogP contribution is 2.24. The molecule has 0 fully saturated rings. The predicted molar refractivity (Wildman–Crippen MR) is 73.1 cm³/mol. The quantitative estimate of drug-likeness (QED) is 0.826. The molecule has 2 heteroatoms. The molecule has 2 aromatic rings. The third-order valence-corrected chi connectivity index (χ3v) is 3.82. The van der Waals surface area contributed by atoms with Gasteiger partial charge in [-0.3, -0.25) is 0 Å². The first-order valence-corrected chi connectivity index (χ1v) is 6.65. The molecule has 0 heterocycles. The van der Waals surface area contributed by atoms with E-state index >= 15 is 0 Å². The van der Waals surface area contributed by atoms with Crippen LogP contribution in [-0.2, 0) is 12.4 Å². The molecular formula is C15H16OS. The van der Waals surface area contributed by atoms with Crippen LogP contribution in [0.5, 0.6) is 0 Å². The van der Waals surface area contributed by atoms with Crippen LogP contribution in [0.2, 0.25) is 0 Å². The zero-order valence-electron chi connectivity index (χ0n) is 9.89. The number of hydrogen-bond donors (Lipinski definition) is 1. The number of rotatable bonds is 4. The van der Waals surface area contributed by atoms with Crippen molar-refractivity contribution >= 4 is 11.8 Å². The molecule has 2 aromatic carbocycles. The molecule has 17 heavy (non-hydrogen) atoms. The molecule has 0 atom stereocenters. The molecule has 0 aliphatic rings. The summed E-state index contributed by atoms with van der Waals surface area (Å²) in [4.78, 5) is 1.24. The lowest BCUT2D eigenvalue weighted by molar-refractivity contribution is 0.282. The lowest BCUT2D eigenvalue weighted by atomic mass is 10.1. The second-order valence-electron chi connectivity index (χ2n) is 4.02. The Morgan fingerprint density at radius 1 is 1.00 bits per heavy atom. The predicted octanol–water partition coefficient (Wildman–Crippen LogP) is 3.78. The summed E-state index contributed by atoms with van der Waals surface area (Å²) in [5.41, 5.74) is 3.68. The fourth-order valence-electron chi connectivity index (χ4n) is 1.62. The van der Waals surface area contributed by atoms with Crippen molar-refractivity contribution in [1.82, 2.24) is 0 Å². The smallest absolute Gasteiger partial charge is 0.0681 e. The molecular weight excluding hydrogens is 228 g/mol. The van der Waals surface area contributed by atoms with Crippen LogP contribution in [0.3, 0.4) is 0 Å². The van der Waals surface area contributed by atoms with Crippen molar-refractivity contribution in [2.24, 2.45) is 0 Å². The van der Waals surface area contributed by atoms with Crippen LogP contribution in [-0.4, -0.2) is 5.11 Å². The van der Waals surface area contributed by atoms with Gasteiger partial charge in [0.15, 0.2) is 0 Å². The average molecular weight is 244 g/mol. The molecule has 0 radical (unpaired) electrons. The van der Waals surface area contributed by atoms with Crippen molar-refractivity contribution in [2.75, 3.05) is 0 Å². The van der Waals surface area contributed by atoms with Crippen LogP contribution in [0.25, 0.3) is 0 Å². The molecule has 88 valence electrons. The van der Waals surface area contributed by atoms with Crippen molar-refractivity contribution in [2.45, 2.75) is 24.2 Å². The summed E-state index contributed by atoms with van der Waals surface area (Å²) in [5.74, 6) is 0.991. The third-order valence-electron chi connectivity index (χ3n) is 2.76. The van der Waals surface area contributed by atoms with Crippen LogP contribution < -0.4 is 0 Å². The largest absolute Gasteiger partial charge is 0.392 e. The van der Waals surface area contributed by atoms with Crippen LogP contribution in [0.15, 0.2) is 53.4 Å². The summed E-state index contributed by atoms with van der Waals surface area (Å²) in [5, 5.41) is 8.97. The maximum absolute atomic E-state index is 8.97. The topological polar surface area (TPSA) is 20.2 Å². The summed E-state index contributed by atoms with van der Waals surface area (Å²) in [6, 6.07) is 16.5. The first-order valence-electron chi connectivity index (χ1n) is 5.66. The van der Waals surface area contributed by atoms with Crippen molar-refractivity contribution < 1.29 is 5.11 Å². The van der Waals surface area contributed by atoms with Crippen LogP contribution in [0.4, 0.5) is 0 Å². The molecule has 0 aromatic heterocycles. The van der Waals surface area contributed by atoms with Crippen LogP contribution in [0.1, 0.15) is 16.7 Å². The molecule has 1 N–H and O–H groups in total. The highest BCUT2D eigenvalue weighted by molar-refractivity contribution is 7.98. The Labute approximate surface area is 107 Å². The molecule has 0 aliphatic carbocycles. The van der Waals surface area contributed by atoms with E-state index in [2.05, 4.69) is 43.3 Å². The van der Waals surface area contributed by atoms with Gasteiger partial charge in [0.25, 0.3) is 0 Å². The first-order chi connectivity index (χ1) is 8.29. The van der Waals surface area contributed by atoms with Crippen molar-refractivity contribution in [3.63, 3.8) is 0 Å². The summed E-state index contributed by atoms with van der Waals surface area (Å²) < 4.78 is 0. The van der Waals surface area contributed by atoms with Gasteiger partial charge in [-0.05, 0) is 35.7 Å². The van der Waals surface area contributed by atoms with Gasteiger partial charge in [0.05, 0.1) is 6.61 Å². The molecule has 0 aliphatic heterocycles. The summed E-state index contributed by atoms with van der Waals surface area (Å²) in [7, 11) is 0. The minimum atomic E-state index is 0.114. The molecule has 2 rings (SSSR count). The fourth-order valence-corrected chi connectivity index (χ4v) is 2.60. The normalized spacial score (nSPS) is 10.5. The summed E-state index contributed by atoms with van der Waals surface area (Å²) >= 11 is 1.83. The van der Waals surface area contributed by atoms with Gasteiger partial charge in [-0.25, -0.2) is 0 Å². The van der Waals surface area contributed by atoms with Crippen molar-refractivity contribution in [1.29, 1.82) is 0 Å². The molecule has 1 nitrogen and oxygen atoms in total. The maximum Gasteiger partial charge on any atom is 0.0681 e. The van der Waals surface area contributed by atoms with E-state index in [4.69, 9.17) is 5.11 Å². The summed E-state index contributed by atoms with van der Waals surface area (Å²) in [6.45, 7) is 2.26.